The van der Waals surface area contributed by atoms with Gasteiger partial charge in [0.2, 0.25) is 0 Å². The molecule has 0 aliphatic rings. The molecule has 0 saturated carbocycles. The van der Waals surface area contributed by atoms with E-state index in [2.05, 4.69) is 11.5 Å². The molecule has 0 aromatic rings. The fourth-order valence-corrected chi connectivity index (χ4v) is 0. The molecule has 0 saturated heterocycles. The Kier molecular flexibility index (Phi) is 20.1. The number of hydrogen-bond acceptors (Lipinski definition) is 4. The summed E-state index contributed by atoms with van der Waals surface area (Å²) in [5, 5.41) is 18.6. The van der Waals surface area contributed by atoms with Crippen LogP contribution in [0.3, 0.4) is 0 Å². The summed E-state index contributed by atoms with van der Waals surface area (Å²) in [4.78, 5) is 0. The fraction of sp³-hybridized carbons (Fsp3) is 1.00. The van der Waals surface area contributed by atoms with Crippen molar-refractivity contribution in [3.05, 3.63) is 0 Å². The van der Waals surface area contributed by atoms with Gasteiger partial charge in [-0.1, -0.05) is 26.3 Å². The maximum Gasteiger partial charge on any atom is 2.00 e. The summed E-state index contributed by atoms with van der Waals surface area (Å²) >= 11 is 0. The molecule has 61 valence electrons. The Labute approximate surface area is 65.7 Å². The van der Waals surface area contributed by atoms with E-state index in [1.807, 2.05) is 0 Å². The predicted molar refractivity (Wildman–Crippen MR) is 27.3 cm³/mol. The van der Waals surface area contributed by atoms with Crippen molar-refractivity contribution in [3.63, 3.8) is 0 Å². The second-order valence-electron chi connectivity index (χ2n) is 1.41. The quantitative estimate of drug-likeness (QED) is 0.316. The van der Waals surface area contributed by atoms with Crippen LogP contribution in [0, 0.1) is 0 Å². The van der Waals surface area contributed by atoms with Gasteiger partial charge >= 0.3 is 17.1 Å². The molecule has 0 spiro atoms. The van der Waals surface area contributed by atoms with Crippen molar-refractivity contribution in [2.24, 2.45) is 11.5 Å². The van der Waals surface area contributed by atoms with Crippen LogP contribution in [0.4, 0.5) is 0 Å². The molecule has 1 radical (unpaired) electrons. The molecular weight excluding hydrogens is 172 g/mol. The Bertz CT molecular complexity index is 32.0. The Balaban J connectivity index is -0.0000000720. The van der Waals surface area contributed by atoms with E-state index in [4.69, 9.17) is 0 Å². The molecule has 9 heavy (non-hydrogen) atoms. The van der Waals surface area contributed by atoms with Gasteiger partial charge in [0.25, 0.3) is 0 Å². The molecule has 2 atom stereocenters. The summed E-state index contributed by atoms with van der Waals surface area (Å²) in [6.07, 6.45) is -1.83. The second-order valence-corrected chi connectivity index (χ2v) is 1.41. The van der Waals surface area contributed by atoms with Crippen LogP contribution in [-0.4, -0.2) is 12.5 Å². The molecule has 0 bridgehead atoms. The first-order valence-corrected chi connectivity index (χ1v) is 2.29. The van der Waals surface area contributed by atoms with Gasteiger partial charge in [-0.15, -0.1) is 0 Å². The van der Waals surface area contributed by atoms with E-state index < -0.39 is 12.5 Å². The van der Waals surface area contributed by atoms with Gasteiger partial charge in [0.15, 0.2) is 0 Å². The predicted octanol–water partition coefficient (Wildman–Crippen LogP) is -2.70. The first kappa shape index (κ1) is 16.2. The van der Waals surface area contributed by atoms with Crippen molar-refractivity contribution in [1.29, 1.82) is 0 Å². The minimum atomic E-state index is -0.917. The molecule has 0 amide bonds. The molecule has 0 heterocycles. The van der Waals surface area contributed by atoms with Gasteiger partial charge in [-0.3, -0.25) is 0 Å². The summed E-state index contributed by atoms with van der Waals surface area (Å²) in [5.74, 6) is 0. The van der Waals surface area contributed by atoms with Crippen LogP contribution in [-0.2, 0) is 17.1 Å². The van der Waals surface area contributed by atoms with E-state index in [9.17, 15) is 10.2 Å². The fourth-order valence-electron chi connectivity index (χ4n) is 0. The summed E-state index contributed by atoms with van der Waals surface area (Å²) in [6, 6.07) is 0. The molecular formula is C4H12CuN2O2. The third kappa shape index (κ3) is 2620. The van der Waals surface area contributed by atoms with E-state index >= 15 is 0 Å². The van der Waals surface area contributed by atoms with Crippen LogP contribution in [0.15, 0.2) is 0 Å². The number of hydrogen-bond donors (Lipinski definition) is 2. The topological polar surface area (TPSA) is 98.2 Å². The summed E-state index contributed by atoms with van der Waals surface area (Å²) < 4.78 is 0. The van der Waals surface area contributed by atoms with Crippen molar-refractivity contribution in [2.45, 2.75) is 26.3 Å². The zero-order valence-corrected chi connectivity index (χ0v) is 6.37. The monoisotopic (exact) mass is 183 g/mol. The van der Waals surface area contributed by atoms with Crippen molar-refractivity contribution >= 4 is 0 Å². The SMILES string of the molecule is CC(N)[O-].CC(N)[O-].[Cu+2]. The van der Waals surface area contributed by atoms with Crippen LogP contribution < -0.4 is 21.7 Å². The zero-order valence-electron chi connectivity index (χ0n) is 5.43. The average Bonchev–Trinajstić information content (AvgIpc) is 1.25. The second kappa shape index (κ2) is 11.2. The molecule has 4 N–H and O–H groups in total. The van der Waals surface area contributed by atoms with Gasteiger partial charge in [0.05, 0.1) is 0 Å². The Morgan fingerprint density at radius 3 is 1.00 bits per heavy atom. The van der Waals surface area contributed by atoms with Crippen LogP contribution >= 0.6 is 0 Å². The Morgan fingerprint density at radius 1 is 1.00 bits per heavy atom. The minimum Gasteiger partial charge on any atom is -0.841 e. The normalized spacial score (nSPS) is 14.0. The van der Waals surface area contributed by atoms with E-state index in [-0.39, 0.29) is 17.1 Å². The molecule has 0 fully saturated rings. The molecule has 0 aliphatic carbocycles. The summed E-state index contributed by atoms with van der Waals surface area (Å²) in [6.45, 7) is 2.78. The van der Waals surface area contributed by atoms with Crippen LogP contribution in [0.25, 0.3) is 0 Å². The van der Waals surface area contributed by atoms with Crippen LogP contribution in [0.5, 0.6) is 0 Å². The molecule has 0 rings (SSSR count). The van der Waals surface area contributed by atoms with Gasteiger partial charge in [0, 0.05) is 0 Å². The molecule has 0 aromatic heterocycles. The summed E-state index contributed by atoms with van der Waals surface area (Å²) in [5.41, 5.74) is 9.11. The molecule has 2 unspecified atom stereocenters. The van der Waals surface area contributed by atoms with Gasteiger partial charge in [-0.05, 0) is 0 Å². The average molecular weight is 184 g/mol. The first-order valence-electron chi connectivity index (χ1n) is 2.29. The van der Waals surface area contributed by atoms with Crippen molar-refractivity contribution in [1.82, 2.24) is 0 Å². The van der Waals surface area contributed by atoms with Crippen LogP contribution in [0.1, 0.15) is 13.8 Å². The zero-order chi connectivity index (χ0) is 7.15. The maximum absolute atomic E-state index is 9.31. The van der Waals surface area contributed by atoms with Gasteiger partial charge in [-0.25, -0.2) is 0 Å². The Hall–Kier alpha value is 0.359. The van der Waals surface area contributed by atoms with Crippen LogP contribution in [0.2, 0.25) is 0 Å². The molecule has 0 aliphatic heterocycles. The van der Waals surface area contributed by atoms with Gasteiger partial charge < -0.3 is 21.7 Å². The smallest absolute Gasteiger partial charge is 0.841 e. The van der Waals surface area contributed by atoms with Crippen molar-refractivity contribution in [3.8, 4) is 0 Å². The molecule has 4 nitrogen and oxygen atoms in total. The molecule has 0 aromatic carbocycles. The van der Waals surface area contributed by atoms with Crippen molar-refractivity contribution < 1.29 is 27.3 Å². The largest absolute Gasteiger partial charge is 2.00 e. The van der Waals surface area contributed by atoms with Crippen molar-refractivity contribution in [2.75, 3.05) is 0 Å². The van der Waals surface area contributed by atoms with E-state index in [0.717, 1.165) is 0 Å². The standard InChI is InChI=1S/2C2H6NO.Cu/c2*1-2(3)4;/h2*2H,3H2,1H3;/q2*-1;+2. The van der Waals surface area contributed by atoms with Gasteiger partial charge in [0.1, 0.15) is 0 Å². The number of nitrogens with two attached hydrogens (primary N) is 2. The third-order valence-electron chi connectivity index (χ3n) is 0. The van der Waals surface area contributed by atoms with E-state index in [1.54, 1.807) is 0 Å². The number of rotatable bonds is 0. The van der Waals surface area contributed by atoms with E-state index in [0.29, 0.717) is 0 Å². The Morgan fingerprint density at radius 2 is 1.00 bits per heavy atom. The maximum atomic E-state index is 9.31. The van der Waals surface area contributed by atoms with E-state index in [1.165, 1.54) is 13.8 Å². The minimum absolute atomic E-state index is 0. The van der Waals surface area contributed by atoms with Gasteiger partial charge in [-0.2, -0.15) is 0 Å². The summed E-state index contributed by atoms with van der Waals surface area (Å²) in [7, 11) is 0. The first-order chi connectivity index (χ1) is 3.46. The third-order valence-corrected chi connectivity index (χ3v) is 0. The molecule has 5 heteroatoms.